The number of rotatable bonds is 4. The Kier molecular flexibility index (Phi) is 4.54. The van der Waals surface area contributed by atoms with Gasteiger partial charge in [-0.15, -0.1) is 0 Å². The number of aliphatic hydroxyl groups is 1. The molecule has 1 aliphatic rings. The zero-order valence-electron chi connectivity index (χ0n) is 9.46. The van der Waals surface area contributed by atoms with E-state index in [-0.39, 0.29) is 12.0 Å². The molecule has 1 amide bonds. The average Bonchev–Trinajstić information content (AvgIpc) is 2.18. The first-order valence-electron chi connectivity index (χ1n) is 5.80. The molecule has 88 valence electrons. The van der Waals surface area contributed by atoms with Crippen molar-refractivity contribution in [1.82, 2.24) is 5.32 Å². The number of nitrogens with one attached hydrogen (secondary N) is 1. The van der Waals surface area contributed by atoms with Gasteiger partial charge in [0.05, 0.1) is 11.6 Å². The number of nitrogens with two attached hydrogens (primary N) is 1. The van der Waals surface area contributed by atoms with E-state index in [0.717, 1.165) is 25.7 Å². The zero-order chi connectivity index (χ0) is 11.3. The highest BCUT2D eigenvalue weighted by atomic mass is 16.3. The van der Waals surface area contributed by atoms with Gasteiger partial charge >= 0.3 is 0 Å². The predicted molar refractivity (Wildman–Crippen MR) is 59.3 cm³/mol. The largest absolute Gasteiger partial charge is 0.393 e. The Labute approximate surface area is 91.2 Å². The maximum absolute atomic E-state index is 11.8. The third-order valence-electron chi connectivity index (χ3n) is 3.05. The summed E-state index contributed by atoms with van der Waals surface area (Å²) in [7, 11) is 0. The molecule has 4 heteroatoms. The summed E-state index contributed by atoms with van der Waals surface area (Å²) in [6.07, 6.45) is 5.05. The van der Waals surface area contributed by atoms with Crippen LogP contribution in [0.3, 0.4) is 0 Å². The van der Waals surface area contributed by atoms with E-state index >= 15 is 0 Å². The van der Waals surface area contributed by atoms with E-state index in [9.17, 15) is 4.79 Å². The van der Waals surface area contributed by atoms with Gasteiger partial charge in [-0.1, -0.05) is 19.3 Å². The Morgan fingerprint density at radius 3 is 2.60 bits per heavy atom. The van der Waals surface area contributed by atoms with Crippen LogP contribution in [0.2, 0.25) is 0 Å². The minimum atomic E-state index is -0.656. The molecule has 15 heavy (non-hydrogen) atoms. The van der Waals surface area contributed by atoms with Crippen LogP contribution < -0.4 is 11.1 Å². The number of carbonyl (C=O) groups is 1. The lowest BCUT2D eigenvalue weighted by atomic mass is 9.82. The van der Waals surface area contributed by atoms with Crippen molar-refractivity contribution >= 4 is 5.91 Å². The van der Waals surface area contributed by atoms with Crippen molar-refractivity contribution in [3.05, 3.63) is 0 Å². The van der Waals surface area contributed by atoms with Crippen LogP contribution in [-0.2, 0) is 4.79 Å². The second-order valence-corrected chi connectivity index (χ2v) is 4.61. The summed E-state index contributed by atoms with van der Waals surface area (Å²) < 4.78 is 0. The van der Waals surface area contributed by atoms with Crippen LogP contribution in [0.1, 0.15) is 45.4 Å². The zero-order valence-corrected chi connectivity index (χ0v) is 9.46. The molecule has 1 saturated carbocycles. The first kappa shape index (κ1) is 12.5. The van der Waals surface area contributed by atoms with Gasteiger partial charge in [-0.25, -0.2) is 0 Å². The maximum atomic E-state index is 11.8. The van der Waals surface area contributed by atoms with Crippen LogP contribution in [0.5, 0.6) is 0 Å². The molecule has 1 atom stereocenters. The van der Waals surface area contributed by atoms with E-state index in [0.29, 0.717) is 13.0 Å². The van der Waals surface area contributed by atoms with Crippen molar-refractivity contribution in [1.29, 1.82) is 0 Å². The fourth-order valence-electron chi connectivity index (χ4n) is 1.98. The van der Waals surface area contributed by atoms with Crippen molar-refractivity contribution in [2.24, 2.45) is 5.73 Å². The molecule has 0 aliphatic heterocycles. The Bertz CT molecular complexity index is 211. The molecule has 4 N–H and O–H groups in total. The number of aliphatic hydroxyl groups excluding tert-OH is 1. The minimum Gasteiger partial charge on any atom is -0.393 e. The average molecular weight is 214 g/mol. The van der Waals surface area contributed by atoms with E-state index in [1.807, 2.05) is 0 Å². The smallest absolute Gasteiger partial charge is 0.240 e. The SMILES string of the molecule is CC(O)CCNC(=O)C1(N)CCCCC1. The fraction of sp³-hybridized carbons (Fsp3) is 0.909. The van der Waals surface area contributed by atoms with Crippen LogP contribution in [0.25, 0.3) is 0 Å². The third kappa shape index (κ3) is 3.80. The Hall–Kier alpha value is -0.610. The van der Waals surface area contributed by atoms with Crippen molar-refractivity contribution in [3.8, 4) is 0 Å². The van der Waals surface area contributed by atoms with Gasteiger partial charge in [0.1, 0.15) is 0 Å². The first-order chi connectivity index (χ1) is 7.04. The van der Waals surface area contributed by atoms with Crippen LogP contribution in [0, 0.1) is 0 Å². The first-order valence-corrected chi connectivity index (χ1v) is 5.80. The summed E-state index contributed by atoms with van der Waals surface area (Å²) in [4.78, 5) is 11.8. The number of hydrogen-bond donors (Lipinski definition) is 3. The molecular weight excluding hydrogens is 192 g/mol. The minimum absolute atomic E-state index is 0.0529. The maximum Gasteiger partial charge on any atom is 0.240 e. The van der Waals surface area contributed by atoms with Gasteiger partial charge in [-0.2, -0.15) is 0 Å². The van der Waals surface area contributed by atoms with E-state index in [4.69, 9.17) is 10.8 Å². The highest BCUT2D eigenvalue weighted by Crippen LogP contribution is 2.25. The molecule has 0 aromatic rings. The summed E-state index contributed by atoms with van der Waals surface area (Å²) in [5, 5.41) is 11.9. The molecule has 4 nitrogen and oxygen atoms in total. The van der Waals surface area contributed by atoms with Crippen LogP contribution in [0.15, 0.2) is 0 Å². The predicted octanol–water partition coefficient (Wildman–Crippen LogP) is 0.535. The van der Waals surface area contributed by atoms with Gasteiger partial charge in [0, 0.05) is 6.54 Å². The van der Waals surface area contributed by atoms with Gasteiger partial charge < -0.3 is 16.2 Å². The molecule has 0 heterocycles. The lowest BCUT2D eigenvalue weighted by Gasteiger charge is -2.31. The summed E-state index contributed by atoms with van der Waals surface area (Å²) in [6.45, 7) is 2.22. The molecule has 0 aromatic heterocycles. The van der Waals surface area contributed by atoms with Crippen LogP contribution in [0.4, 0.5) is 0 Å². The second-order valence-electron chi connectivity index (χ2n) is 4.61. The quantitative estimate of drug-likeness (QED) is 0.639. The summed E-state index contributed by atoms with van der Waals surface area (Å²) in [5.41, 5.74) is 5.39. The summed E-state index contributed by atoms with van der Waals surface area (Å²) in [5.74, 6) is -0.0529. The molecule has 0 bridgehead atoms. The van der Waals surface area contributed by atoms with Crippen molar-refractivity contribution in [2.45, 2.75) is 57.1 Å². The molecule has 0 saturated heterocycles. The molecule has 1 fully saturated rings. The number of amides is 1. The van der Waals surface area contributed by atoms with Gasteiger partial charge in [0.2, 0.25) is 5.91 Å². The molecule has 0 spiro atoms. The summed E-state index contributed by atoms with van der Waals surface area (Å²) in [6, 6.07) is 0. The topological polar surface area (TPSA) is 75.3 Å². The highest BCUT2D eigenvalue weighted by molar-refractivity contribution is 5.86. The van der Waals surface area contributed by atoms with Gasteiger partial charge in [-0.3, -0.25) is 4.79 Å². The Morgan fingerprint density at radius 2 is 2.07 bits per heavy atom. The third-order valence-corrected chi connectivity index (χ3v) is 3.05. The molecule has 0 aromatic carbocycles. The molecule has 1 rings (SSSR count). The normalized spacial score (nSPS) is 22.1. The number of hydrogen-bond acceptors (Lipinski definition) is 3. The standard InChI is InChI=1S/C11H22N2O2/c1-9(14)5-8-13-10(15)11(12)6-3-2-4-7-11/h9,14H,2-8,12H2,1H3,(H,13,15). The van der Waals surface area contributed by atoms with E-state index in [1.165, 1.54) is 6.42 Å². The van der Waals surface area contributed by atoms with Crippen molar-refractivity contribution in [2.75, 3.05) is 6.54 Å². The van der Waals surface area contributed by atoms with Gasteiger partial charge in [-0.05, 0) is 26.2 Å². The molecule has 1 unspecified atom stereocenters. The Balaban J connectivity index is 2.31. The lowest BCUT2D eigenvalue weighted by molar-refractivity contribution is -0.127. The van der Waals surface area contributed by atoms with Crippen LogP contribution in [-0.4, -0.2) is 29.2 Å². The summed E-state index contributed by atoms with van der Waals surface area (Å²) >= 11 is 0. The van der Waals surface area contributed by atoms with E-state index in [2.05, 4.69) is 5.32 Å². The van der Waals surface area contributed by atoms with Crippen LogP contribution >= 0.6 is 0 Å². The number of carbonyl (C=O) groups excluding carboxylic acids is 1. The monoisotopic (exact) mass is 214 g/mol. The fourth-order valence-corrected chi connectivity index (χ4v) is 1.98. The van der Waals surface area contributed by atoms with E-state index in [1.54, 1.807) is 6.92 Å². The van der Waals surface area contributed by atoms with Gasteiger partial charge in [0.25, 0.3) is 0 Å². The molecule has 0 radical (unpaired) electrons. The highest BCUT2D eigenvalue weighted by Gasteiger charge is 2.34. The van der Waals surface area contributed by atoms with Crippen molar-refractivity contribution in [3.63, 3.8) is 0 Å². The second kappa shape index (κ2) is 5.47. The van der Waals surface area contributed by atoms with Gasteiger partial charge in [0.15, 0.2) is 0 Å². The molecular formula is C11H22N2O2. The lowest BCUT2D eigenvalue weighted by Crippen LogP contribution is -2.55. The molecule has 1 aliphatic carbocycles. The van der Waals surface area contributed by atoms with E-state index < -0.39 is 5.54 Å². The Morgan fingerprint density at radius 1 is 1.47 bits per heavy atom. The van der Waals surface area contributed by atoms with Crippen molar-refractivity contribution < 1.29 is 9.90 Å².